The lowest BCUT2D eigenvalue weighted by Crippen LogP contribution is -2.51. The largest absolute Gasteiger partial charge is 0.381 e. The molecule has 2 saturated heterocycles. The minimum absolute atomic E-state index is 0.131. The van der Waals surface area contributed by atoms with Gasteiger partial charge < -0.3 is 14.6 Å². The molecule has 2 unspecified atom stereocenters. The van der Waals surface area contributed by atoms with E-state index in [1.165, 1.54) is 18.6 Å². The summed E-state index contributed by atoms with van der Waals surface area (Å²) in [5, 5.41) is 2.70. The lowest BCUT2D eigenvalue weighted by Gasteiger charge is -2.46. The average Bonchev–Trinajstić information content (AvgIpc) is 2.77. The molecule has 8 nitrogen and oxygen atoms in total. The van der Waals surface area contributed by atoms with E-state index in [2.05, 4.69) is 20.2 Å². The molecule has 0 spiro atoms. The predicted molar refractivity (Wildman–Crippen MR) is 107 cm³/mol. The lowest BCUT2D eigenvalue weighted by molar-refractivity contribution is 0.00589. The molecule has 5 heterocycles. The number of fused-ring (bicyclic) bond motifs is 4. The number of nitrogens with one attached hydrogen (secondary N) is 1. The van der Waals surface area contributed by atoms with Gasteiger partial charge in [-0.25, -0.2) is 4.98 Å². The van der Waals surface area contributed by atoms with Gasteiger partial charge in [-0.1, -0.05) is 0 Å². The molecule has 3 aliphatic rings. The van der Waals surface area contributed by atoms with Crippen molar-refractivity contribution in [3.05, 3.63) is 52.5 Å². The van der Waals surface area contributed by atoms with E-state index in [1.807, 2.05) is 10.6 Å². The summed E-state index contributed by atoms with van der Waals surface area (Å²) in [7, 11) is 0. The van der Waals surface area contributed by atoms with Crippen LogP contribution in [0.25, 0.3) is 0 Å². The molecule has 29 heavy (non-hydrogen) atoms. The van der Waals surface area contributed by atoms with Crippen LogP contribution < -0.4 is 10.9 Å². The van der Waals surface area contributed by atoms with Crippen molar-refractivity contribution in [3.8, 4) is 0 Å². The summed E-state index contributed by atoms with van der Waals surface area (Å²) in [4.78, 5) is 36.0. The van der Waals surface area contributed by atoms with Crippen molar-refractivity contribution >= 4 is 11.6 Å². The van der Waals surface area contributed by atoms with Gasteiger partial charge in [-0.2, -0.15) is 0 Å². The SMILES string of the molecule is O=C(Nc1ccc2n(c1=O)CC1CC2CN(C2CCOCC2)C1)c1cnccn1. The summed E-state index contributed by atoms with van der Waals surface area (Å²) in [6.07, 6.45) is 7.68. The Hall–Kier alpha value is -2.58. The second-order valence-electron chi connectivity index (χ2n) is 8.23. The van der Waals surface area contributed by atoms with E-state index in [0.29, 0.717) is 30.1 Å². The van der Waals surface area contributed by atoms with Crippen molar-refractivity contribution in [1.82, 2.24) is 19.4 Å². The first-order chi connectivity index (χ1) is 14.2. The van der Waals surface area contributed by atoms with Crippen LogP contribution in [0, 0.1) is 5.92 Å². The average molecular weight is 395 g/mol. The second kappa shape index (κ2) is 7.68. The first-order valence-corrected chi connectivity index (χ1v) is 10.3. The number of pyridine rings is 1. The number of aromatic nitrogens is 3. The third-order valence-electron chi connectivity index (χ3n) is 6.38. The molecule has 3 aliphatic heterocycles. The molecule has 0 radical (unpaired) electrons. The van der Waals surface area contributed by atoms with Gasteiger partial charge in [-0.15, -0.1) is 0 Å². The summed E-state index contributed by atoms with van der Waals surface area (Å²) < 4.78 is 7.39. The number of carbonyl (C=O) groups excluding carboxylic acids is 1. The van der Waals surface area contributed by atoms with Gasteiger partial charge in [0.2, 0.25) is 0 Å². The van der Waals surface area contributed by atoms with Crippen LogP contribution in [0.15, 0.2) is 35.5 Å². The van der Waals surface area contributed by atoms with Gasteiger partial charge in [-0.3, -0.25) is 19.5 Å². The quantitative estimate of drug-likeness (QED) is 0.847. The van der Waals surface area contributed by atoms with Crippen molar-refractivity contribution in [2.75, 3.05) is 31.6 Å². The molecule has 5 rings (SSSR count). The normalized spacial score (nSPS) is 24.7. The number of ether oxygens (including phenoxy) is 1. The van der Waals surface area contributed by atoms with Crippen LogP contribution in [-0.4, -0.2) is 57.7 Å². The monoisotopic (exact) mass is 395 g/mol. The molecule has 2 atom stereocenters. The topological polar surface area (TPSA) is 89.4 Å². The van der Waals surface area contributed by atoms with Crippen LogP contribution in [0.4, 0.5) is 5.69 Å². The van der Waals surface area contributed by atoms with Crippen molar-refractivity contribution in [1.29, 1.82) is 0 Å². The predicted octanol–water partition coefficient (Wildman–Crippen LogP) is 1.49. The number of nitrogens with zero attached hydrogens (tertiary/aromatic N) is 4. The molecule has 2 aromatic rings. The van der Waals surface area contributed by atoms with Crippen LogP contribution in [0.2, 0.25) is 0 Å². The number of anilines is 1. The fourth-order valence-electron chi connectivity index (χ4n) is 5.03. The van der Waals surface area contributed by atoms with Crippen molar-refractivity contribution in [2.24, 2.45) is 5.92 Å². The number of piperidine rings is 1. The molecule has 1 amide bonds. The zero-order valence-electron chi connectivity index (χ0n) is 16.3. The van der Waals surface area contributed by atoms with Crippen LogP contribution in [0.5, 0.6) is 0 Å². The zero-order chi connectivity index (χ0) is 19.8. The highest BCUT2D eigenvalue weighted by atomic mass is 16.5. The number of hydrogen-bond donors (Lipinski definition) is 1. The highest BCUT2D eigenvalue weighted by molar-refractivity contribution is 6.02. The smallest absolute Gasteiger partial charge is 0.276 e. The van der Waals surface area contributed by atoms with Gasteiger partial charge in [-0.05, 0) is 37.3 Å². The van der Waals surface area contributed by atoms with E-state index in [-0.39, 0.29) is 11.3 Å². The molecule has 0 aliphatic carbocycles. The molecule has 0 saturated carbocycles. The van der Waals surface area contributed by atoms with Crippen molar-refractivity contribution in [3.63, 3.8) is 0 Å². The lowest BCUT2D eigenvalue weighted by atomic mass is 9.82. The Bertz CT molecular complexity index is 955. The number of likely N-dealkylation sites (tertiary alicyclic amines) is 1. The van der Waals surface area contributed by atoms with Crippen LogP contribution in [0.1, 0.15) is 41.4 Å². The number of hydrogen-bond acceptors (Lipinski definition) is 6. The highest BCUT2D eigenvalue weighted by Gasteiger charge is 2.37. The molecule has 2 fully saturated rings. The van der Waals surface area contributed by atoms with E-state index < -0.39 is 5.91 Å². The van der Waals surface area contributed by atoms with E-state index in [0.717, 1.165) is 51.3 Å². The molecule has 8 heteroatoms. The Morgan fingerprint density at radius 1 is 1.14 bits per heavy atom. The first kappa shape index (κ1) is 18.4. The fraction of sp³-hybridized carbons (Fsp3) is 0.524. The third kappa shape index (κ3) is 3.58. The Morgan fingerprint density at radius 3 is 2.79 bits per heavy atom. The molecular formula is C21H25N5O3. The Balaban J connectivity index is 1.37. The maximum atomic E-state index is 13.1. The zero-order valence-corrected chi connectivity index (χ0v) is 16.3. The summed E-state index contributed by atoms with van der Waals surface area (Å²) in [5.41, 5.74) is 1.44. The summed E-state index contributed by atoms with van der Waals surface area (Å²) in [6, 6.07) is 4.33. The molecule has 2 bridgehead atoms. The molecule has 1 N–H and O–H groups in total. The standard InChI is InChI=1S/C21H25N5O3/c27-20(18-10-22-5-6-23-18)24-17-1-2-19-15-9-14(12-26(19)21(17)28)11-25(13-15)16-3-7-29-8-4-16/h1-2,5-6,10,14-16H,3-4,7-9,11-13H2,(H,24,27). The van der Waals surface area contributed by atoms with Crippen LogP contribution in [-0.2, 0) is 11.3 Å². The summed E-state index contributed by atoms with van der Waals surface area (Å²) in [6.45, 7) is 4.43. The Kier molecular flexibility index (Phi) is 4.89. The van der Waals surface area contributed by atoms with E-state index >= 15 is 0 Å². The van der Waals surface area contributed by atoms with Gasteiger partial charge >= 0.3 is 0 Å². The first-order valence-electron chi connectivity index (χ1n) is 10.3. The minimum Gasteiger partial charge on any atom is -0.381 e. The second-order valence-corrected chi connectivity index (χ2v) is 8.23. The maximum absolute atomic E-state index is 13.1. The number of carbonyl (C=O) groups is 1. The van der Waals surface area contributed by atoms with Gasteiger partial charge in [0, 0.05) is 62.9 Å². The van der Waals surface area contributed by atoms with Crippen LogP contribution in [0.3, 0.4) is 0 Å². The summed E-state index contributed by atoms with van der Waals surface area (Å²) >= 11 is 0. The molecule has 0 aromatic carbocycles. The van der Waals surface area contributed by atoms with E-state index in [4.69, 9.17) is 4.74 Å². The van der Waals surface area contributed by atoms with E-state index in [9.17, 15) is 9.59 Å². The number of rotatable bonds is 3. The minimum atomic E-state index is -0.419. The fourth-order valence-corrected chi connectivity index (χ4v) is 5.03. The van der Waals surface area contributed by atoms with Crippen molar-refractivity contribution < 1.29 is 9.53 Å². The van der Waals surface area contributed by atoms with Gasteiger partial charge in [0.15, 0.2) is 0 Å². The van der Waals surface area contributed by atoms with Gasteiger partial charge in [0.25, 0.3) is 11.5 Å². The van der Waals surface area contributed by atoms with Crippen molar-refractivity contribution in [2.45, 2.75) is 37.8 Å². The molecule has 152 valence electrons. The van der Waals surface area contributed by atoms with Gasteiger partial charge in [0.05, 0.1) is 6.20 Å². The van der Waals surface area contributed by atoms with Gasteiger partial charge in [0.1, 0.15) is 11.4 Å². The van der Waals surface area contributed by atoms with Crippen LogP contribution >= 0.6 is 0 Å². The van der Waals surface area contributed by atoms with E-state index in [1.54, 1.807) is 6.07 Å². The number of amides is 1. The Morgan fingerprint density at radius 2 is 2.00 bits per heavy atom. The Labute approximate surface area is 168 Å². The highest BCUT2D eigenvalue weighted by Crippen LogP contribution is 2.37. The molecule has 2 aromatic heterocycles. The third-order valence-corrected chi connectivity index (χ3v) is 6.38. The maximum Gasteiger partial charge on any atom is 0.276 e. The summed E-state index contributed by atoms with van der Waals surface area (Å²) in [5.74, 6) is 0.410. The molecular weight excluding hydrogens is 370 g/mol.